The van der Waals surface area contributed by atoms with Gasteiger partial charge in [-0.15, -0.1) is 0 Å². The van der Waals surface area contributed by atoms with Crippen LogP contribution in [0.25, 0.3) is 22.2 Å². The van der Waals surface area contributed by atoms with Crippen LogP contribution >= 0.6 is 0 Å². The maximum Gasteiger partial charge on any atom is 0.490 e. The number of anilines is 2. The highest BCUT2D eigenvalue weighted by Gasteiger charge is 2.38. The maximum atomic E-state index is 15.3. The van der Waals surface area contributed by atoms with Gasteiger partial charge < -0.3 is 16.2 Å². The molecule has 5 aromatic rings. The minimum Gasteiger partial charge on any atom is -0.475 e. The Hall–Kier alpha value is -5.33. The highest BCUT2D eigenvalue weighted by molar-refractivity contribution is 6.00. The van der Waals surface area contributed by atoms with Crippen LogP contribution in [0.4, 0.5) is 29.1 Å². The van der Waals surface area contributed by atoms with Crippen molar-refractivity contribution in [1.82, 2.24) is 19.7 Å². The smallest absolute Gasteiger partial charge is 0.475 e. The van der Waals surface area contributed by atoms with E-state index in [0.29, 0.717) is 34.2 Å². The molecule has 9 nitrogen and oxygen atoms in total. The van der Waals surface area contributed by atoms with Crippen molar-refractivity contribution >= 4 is 34.0 Å². The number of carbonyl (C=O) groups excluding carboxylic acids is 1. The molecule has 228 valence electrons. The number of nitrogens with zero attached hydrogens (tertiary/aromatic N) is 4. The van der Waals surface area contributed by atoms with Crippen molar-refractivity contribution < 1.29 is 32.3 Å². The Morgan fingerprint density at radius 1 is 1.07 bits per heavy atom. The molecule has 5 rings (SSSR count). The van der Waals surface area contributed by atoms with Crippen LogP contribution in [-0.4, -0.2) is 42.8 Å². The number of carboxylic acids is 1. The van der Waals surface area contributed by atoms with E-state index in [2.05, 4.69) is 15.4 Å². The number of carboxylic acid groups (broad SMARTS) is 1. The number of aliphatic carboxylic acids is 1. The lowest BCUT2D eigenvalue weighted by Crippen LogP contribution is -2.21. The quantitative estimate of drug-likeness (QED) is 0.144. The first kappa shape index (κ1) is 31.6. The first-order valence-corrected chi connectivity index (χ1v) is 13.3. The van der Waals surface area contributed by atoms with Crippen LogP contribution in [0, 0.1) is 5.82 Å². The van der Waals surface area contributed by atoms with Gasteiger partial charge in [0.05, 0.1) is 0 Å². The average molecular weight is 609 g/mol. The highest BCUT2D eigenvalue weighted by Crippen LogP contribution is 2.32. The number of nitrogens with two attached hydrogens (primary N) is 1. The SMILES string of the molecule is CCc1ccc(F)c(C(Nc2ccc3c(N)nccc3c2)c2nc(-c3ccccc3C(C)=O)nn2C)c1.O=C(O)C(F)(F)F. The molecule has 4 N–H and O–H groups in total. The molecule has 1 unspecified atom stereocenters. The standard InChI is InChI=1S/C29H27FN6O.C2HF3O2/c1-4-18-9-12-25(30)24(15-18)26(33-20-10-11-22-19(16-20)13-14-32-27(22)31)29-34-28(35-36(29)3)23-8-6-5-7-21(23)17(2)37;3-2(4,5)1(6)7/h5-16,26,33H,4H2,1-3H3,(H2,31,32);(H,6,7). The second kappa shape index (κ2) is 12.9. The fourth-order valence-electron chi connectivity index (χ4n) is 4.52. The third-order valence-corrected chi connectivity index (χ3v) is 6.73. The van der Waals surface area contributed by atoms with Gasteiger partial charge in [0, 0.05) is 41.0 Å². The second-order valence-corrected chi connectivity index (χ2v) is 9.74. The van der Waals surface area contributed by atoms with Crippen molar-refractivity contribution in [3.8, 4) is 11.4 Å². The molecule has 44 heavy (non-hydrogen) atoms. The Labute approximate surface area is 249 Å². The number of halogens is 4. The Kier molecular flexibility index (Phi) is 9.26. The zero-order valence-electron chi connectivity index (χ0n) is 23.9. The van der Waals surface area contributed by atoms with Crippen LogP contribution in [0.1, 0.15) is 47.2 Å². The van der Waals surface area contributed by atoms with Crippen molar-refractivity contribution in [3.63, 3.8) is 0 Å². The van der Waals surface area contributed by atoms with Crippen molar-refractivity contribution in [2.24, 2.45) is 7.05 Å². The lowest BCUT2D eigenvalue weighted by molar-refractivity contribution is -0.192. The normalized spacial score (nSPS) is 11.9. The van der Waals surface area contributed by atoms with Crippen LogP contribution in [0.15, 0.2) is 72.9 Å². The minimum atomic E-state index is -5.08. The summed E-state index contributed by atoms with van der Waals surface area (Å²) in [5.41, 5.74) is 9.41. The van der Waals surface area contributed by atoms with Crippen LogP contribution in [0.3, 0.4) is 0 Å². The van der Waals surface area contributed by atoms with Crippen LogP contribution < -0.4 is 11.1 Å². The van der Waals surface area contributed by atoms with Crippen LogP contribution in [-0.2, 0) is 18.3 Å². The number of ketones is 1. The number of rotatable bonds is 7. The van der Waals surface area contributed by atoms with Gasteiger partial charge >= 0.3 is 12.1 Å². The molecule has 13 heteroatoms. The van der Waals surface area contributed by atoms with Crippen molar-refractivity contribution in [2.45, 2.75) is 32.5 Å². The van der Waals surface area contributed by atoms with E-state index in [9.17, 15) is 18.0 Å². The van der Waals surface area contributed by atoms with Crippen molar-refractivity contribution in [3.05, 3.63) is 101 Å². The molecule has 0 aliphatic heterocycles. The molecular formula is C31H28F4N6O3. The first-order valence-electron chi connectivity index (χ1n) is 13.3. The van der Waals surface area contributed by atoms with Gasteiger partial charge in [-0.1, -0.05) is 43.3 Å². The lowest BCUT2D eigenvalue weighted by Gasteiger charge is -2.21. The Morgan fingerprint density at radius 2 is 1.77 bits per heavy atom. The largest absolute Gasteiger partial charge is 0.490 e. The fourth-order valence-corrected chi connectivity index (χ4v) is 4.52. The summed E-state index contributed by atoms with van der Waals surface area (Å²) in [5.74, 6) is -1.82. The van der Waals surface area contributed by atoms with Gasteiger partial charge in [0.15, 0.2) is 17.4 Å². The Morgan fingerprint density at radius 3 is 2.43 bits per heavy atom. The number of aryl methyl sites for hydroxylation is 2. The van der Waals surface area contributed by atoms with Crippen LogP contribution in [0.5, 0.6) is 0 Å². The Bertz CT molecular complexity index is 1840. The number of pyridine rings is 1. The predicted octanol–water partition coefficient (Wildman–Crippen LogP) is 6.35. The van der Waals surface area contributed by atoms with Gasteiger partial charge in [-0.25, -0.2) is 19.2 Å². The van der Waals surface area contributed by atoms with Gasteiger partial charge in [0.2, 0.25) is 0 Å². The van der Waals surface area contributed by atoms with Gasteiger partial charge in [-0.05, 0) is 54.6 Å². The number of hydrogen-bond acceptors (Lipinski definition) is 7. The molecule has 0 radical (unpaired) electrons. The molecule has 0 amide bonds. The van der Waals surface area contributed by atoms with Gasteiger partial charge in [0.1, 0.15) is 17.7 Å². The molecular weight excluding hydrogens is 580 g/mol. The zero-order valence-corrected chi connectivity index (χ0v) is 23.9. The molecule has 0 spiro atoms. The summed E-state index contributed by atoms with van der Waals surface area (Å²) in [4.78, 5) is 30.1. The molecule has 0 saturated carbocycles. The van der Waals surface area contributed by atoms with Crippen molar-refractivity contribution in [2.75, 3.05) is 11.1 Å². The van der Waals surface area contributed by atoms with E-state index in [-0.39, 0.29) is 11.6 Å². The molecule has 2 aromatic heterocycles. The summed E-state index contributed by atoms with van der Waals surface area (Å²) in [6.07, 6.45) is -2.66. The zero-order chi connectivity index (χ0) is 32.2. The summed E-state index contributed by atoms with van der Waals surface area (Å²) >= 11 is 0. The monoisotopic (exact) mass is 608 g/mol. The summed E-state index contributed by atoms with van der Waals surface area (Å²) in [7, 11) is 1.77. The summed E-state index contributed by atoms with van der Waals surface area (Å²) in [6.45, 7) is 3.54. The first-order chi connectivity index (χ1) is 20.8. The summed E-state index contributed by atoms with van der Waals surface area (Å²) in [6, 6.07) is 19.3. The van der Waals surface area contributed by atoms with Crippen LogP contribution in [0.2, 0.25) is 0 Å². The predicted molar refractivity (Wildman–Crippen MR) is 158 cm³/mol. The van der Waals surface area contributed by atoms with E-state index in [4.69, 9.17) is 20.6 Å². The number of aromatic nitrogens is 4. The molecule has 0 aliphatic rings. The molecule has 0 aliphatic carbocycles. The third-order valence-electron chi connectivity index (χ3n) is 6.73. The average Bonchev–Trinajstić information content (AvgIpc) is 3.37. The molecule has 3 aromatic carbocycles. The van der Waals surface area contributed by atoms with E-state index in [0.717, 1.165) is 28.4 Å². The lowest BCUT2D eigenvalue weighted by atomic mass is 10.0. The van der Waals surface area contributed by atoms with E-state index in [1.165, 1.54) is 13.0 Å². The fraction of sp³-hybridized carbons (Fsp3) is 0.194. The van der Waals surface area contributed by atoms with Gasteiger partial charge in [0.25, 0.3) is 0 Å². The van der Waals surface area contributed by atoms with Gasteiger partial charge in [-0.3, -0.25) is 9.48 Å². The van der Waals surface area contributed by atoms with Crippen molar-refractivity contribution in [1.29, 1.82) is 0 Å². The maximum absolute atomic E-state index is 15.3. The number of Topliss-reactive ketones (excluding diaryl/α,β-unsaturated/α-hetero) is 1. The molecule has 0 saturated heterocycles. The topological polar surface area (TPSA) is 136 Å². The van der Waals surface area contributed by atoms with E-state index >= 15 is 4.39 Å². The molecule has 1 atom stereocenters. The van der Waals surface area contributed by atoms with E-state index in [1.807, 2.05) is 55.5 Å². The number of benzene rings is 3. The number of nitrogen functional groups attached to an aromatic ring is 1. The third kappa shape index (κ3) is 7.00. The molecule has 2 heterocycles. The number of fused-ring (bicyclic) bond motifs is 1. The number of nitrogens with one attached hydrogen (secondary N) is 1. The summed E-state index contributed by atoms with van der Waals surface area (Å²) in [5, 5.41) is 17.0. The minimum absolute atomic E-state index is 0.0779. The summed E-state index contributed by atoms with van der Waals surface area (Å²) < 4.78 is 48.7. The number of alkyl halides is 3. The number of carbonyl (C=O) groups is 2. The van der Waals surface area contributed by atoms with E-state index in [1.54, 1.807) is 30.1 Å². The van der Waals surface area contributed by atoms with Gasteiger partial charge in [-0.2, -0.15) is 18.3 Å². The highest BCUT2D eigenvalue weighted by atomic mass is 19.4. The number of hydrogen-bond donors (Lipinski definition) is 3. The second-order valence-electron chi connectivity index (χ2n) is 9.74. The Balaban J connectivity index is 0.000000566. The molecule has 0 bridgehead atoms. The molecule has 0 fully saturated rings. The van der Waals surface area contributed by atoms with E-state index < -0.39 is 18.2 Å².